The number of rotatable bonds is 5. The number of nitrogens with zero attached hydrogens (tertiary/aromatic N) is 3. The number of nitrogens with one attached hydrogen (secondary N) is 1. The van der Waals surface area contributed by atoms with Crippen molar-refractivity contribution < 1.29 is 4.92 Å². The Morgan fingerprint density at radius 2 is 2.20 bits per heavy atom. The Morgan fingerprint density at radius 1 is 1.40 bits per heavy atom. The van der Waals surface area contributed by atoms with Crippen molar-refractivity contribution in [1.29, 1.82) is 0 Å². The molecule has 0 aliphatic carbocycles. The normalized spacial score (nSPS) is 10.3. The first-order chi connectivity index (χ1) is 9.61. The van der Waals surface area contributed by atoms with Gasteiger partial charge in [-0.05, 0) is 25.0 Å². The molecule has 0 fully saturated rings. The zero-order valence-corrected chi connectivity index (χ0v) is 11.5. The number of hydrogen-bond donors (Lipinski definition) is 1. The Kier molecular flexibility index (Phi) is 4.24. The highest BCUT2D eigenvalue weighted by Gasteiger charge is 2.13. The van der Waals surface area contributed by atoms with Crippen LogP contribution in [0, 0.1) is 17.0 Å². The van der Waals surface area contributed by atoms with Gasteiger partial charge in [-0.1, -0.05) is 6.92 Å². The van der Waals surface area contributed by atoms with Gasteiger partial charge in [-0.25, -0.2) is 4.98 Å². The van der Waals surface area contributed by atoms with Gasteiger partial charge in [-0.15, -0.1) is 0 Å². The minimum Gasteiger partial charge on any atom is -0.370 e. The summed E-state index contributed by atoms with van der Waals surface area (Å²) in [6.45, 7) is 4.66. The zero-order chi connectivity index (χ0) is 14.5. The number of aromatic nitrogens is 2. The summed E-state index contributed by atoms with van der Waals surface area (Å²) in [5.74, 6) is 0.521. The molecule has 6 heteroatoms. The maximum Gasteiger partial charge on any atom is 0.275 e. The number of aryl methyl sites for hydroxylation is 1. The third-order valence-corrected chi connectivity index (χ3v) is 2.87. The molecule has 2 rings (SSSR count). The van der Waals surface area contributed by atoms with Gasteiger partial charge in [0.05, 0.1) is 16.7 Å². The van der Waals surface area contributed by atoms with E-state index in [9.17, 15) is 10.1 Å². The highest BCUT2D eigenvalue weighted by molar-refractivity contribution is 5.67. The van der Waals surface area contributed by atoms with Crippen LogP contribution in [-0.4, -0.2) is 21.4 Å². The van der Waals surface area contributed by atoms with E-state index in [0.717, 1.165) is 24.1 Å². The monoisotopic (exact) mass is 272 g/mol. The molecular weight excluding hydrogens is 256 g/mol. The van der Waals surface area contributed by atoms with Crippen molar-refractivity contribution >= 4 is 11.5 Å². The minimum atomic E-state index is -0.404. The Labute approximate surface area is 117 Å². The molecule has 2 aromatic heterocycles. The molecule has 2 aromatic rings. The number of hydrogen-bond acceptors (Lipinski definition) is 5. The summed E-state index contributed by atoms with van der Waals surface area (Å²) in [5, 5.41) is 14.1. The highest BCUT2D eigenvalue weighted by Crippen LogP contribution is 2.26. The standard InChI is InChI=1S/C14H16N4O2/c1-3-5-16-14-8-11(18(19)20)7-13(17-14)12-4-6-15-9-10(12)2/h4,6-9H,3,5H2,1-2H3,(H,16,17). The Hall–Kier alpha value is -2.50. The topological polar surface area (TPSA) is 81.0 Å². The van der Waals surface area contributed by atoms with E-state index in [1.165, 1.54) is 12.1 Å². The third-order valence-electron chi connectivity index (χ3n) is 2.87. The van der Waals surface area contributed by atoms with Crippen LogP contribution < -0.4 is 5.32 Å². The number of anilines is 1. The molecule has 0 unspecified atom stereocenters. The van der Waals surface area contributed by atoms with Gasteiger partial charge in [0.15, 0.2) is 0 Å². The van der Waals surface area contributed by atoms with Crippen molar-refractivity contribution in [3.8, 4) is 11.3 Å². The van der Waals surface area contributed by atoms with Gasteiger partial charge in [0.1, 0.15) is 5.82 Å². The van der Waals surface area contributed by atoms with Crippen molar-refractivity contribution in [3.05, 3.63) is 46.3 Å². The molecule has 1 N–H and O–H groups in total. The highest BCUT2D eigenvalue weighted by atomic mass is 16.6. The average Bonchev–Trinajstić information content (AvgIpc) is 2.45. The van der Waals surface area contributed by atoms with Crippen molar-refractivity contribution in [3.63, 3.8) is 0 Å². The van der Waals surface area contributed by atoms with E-state index in [1.807, 2.05) is 19.9 Å². The van der Waals surface area contributed by atoms with E-state index in [1.54, 1.807) is 12.4 Å². The van der Waals surface area contributed by atoms with E-state index in [4.69, 9.17) is 0 Å². The van der Waals surface area contributed by atoms with Crippen LogP contribution in [0.25, 0.3) is 11.3 Å². The van der Waals surface area contributed by atoms with E-state index in [-0.39, 0.29) is 5.69 Å². The summed E-state index contributed by atoms with van der Waals surface area (Å²) in [4.78, 5) is 19.1. The molecule has 0 radical (unpaired) electrons. The van der Waals surface area contributed by atoms with Crippen molar-refractivity contribution in [2.24, 2.45) is 0 Å². The van der Waals surface area contributed by atoms with Crippen LogP contribution in [0.15, 0.2) is 30.6 Å². The maximum atomic E-state index is 11.0. The fourth-order valence-electron chi connectivity index (χ4n) is 1.86. The summed E-state index contributed by atoms with van der Waals surface area (Å²) >= 11 is 0. The second-order valence-corrected chi connectivity index (χ2v) is 4.47. The van der Waals surface area contributed by atoms with E-state index < -0.39 is 4.92 Å². The SMILES string of the molecule is CCCNc1cc([N+](=O)[O-])cc(-c2ccncc2C)n1. The molecule has 2 heterocycles. The lowest BCUT2D eigenvalue weighted by Gasteiger charge is -2.08. The summed E-state index contributed by atoms with van der Waals surface area (Å²) in [6, 6.07) is 4.75. The van der Waals surface area contributed by atoms with Gasteiger partial charge in [-0.3, -0.25) is 15.1 Å². The molecule has 0 aromatic carbocycles. The molecule has 0 bridgehead atoms. The van der Waals surface area contributed by atoms with Gasteiger partial charge < -0.3 is 5.32 Å². The molecule has 0 saturated carbocycles. The molecule has 0 aliphatic heterocycles. The fourth-order valence-corrected chi connectivity index (χ4v) is 1.86. The lowest BCUT2D eigenvalue weighted by Crippen LogP contribution is -2.04. The largest absolute Gasteiger partial charge is 0.370 e. The molecule has 0 spiro atoms. The van der Waals surface area contributed by atoms with Gasteiger partial charge in [0.2, 0.25) is 0 Å². The molecule has 6 nitrogen and oxygen atoms in total. The Morgan fingerprint density at radius 3 is 2.85 bits per heavy atom. The summed E-state index contributed by atoms with van der Waals surface area (Å²) < 4.78 is 0. The second-order valence-electron chi connectivity index (χ2n) is 4.47. The first-order valence-electron chi connectivity index (χ1n) is 6.43. The van der Waals surface area contributed by atoms with Crippen molar-refractivity contribution in [1.82, 2.24) is 9.97 Å². The van der Waals surface area contributed by atoms with Gasteiger partial charge in [0.25, 0.3) is 5.69 Å². The smallest absolute Gasteiger partial charge is 0.275 e. The summed E-state index contributed by atoms with van der Waals surface area (Å²) in [5.41, 5.74) is 2.40. The van der Waals surface area contributed by atoms with E-state index in [2.05, 4.69) is 15.3 Å². The minimum absolute atomic E-state index is 0.0322. The lowest BCUT2D eigenvalue weighted by molar-refractivity contribution is -0.384. The van der Waals surface area contributed by atoms with Crippen LogP contribution >= 0.6 is 0 Å². The molecular formula is C14H16N4O2. The maximum absolute atomic E-state index is 11.0. The van der Waals surface area contributed by atoms with E-state index >= 15 is 0 Å². The summed E-state index contributed by atoms with van der Waals surface area (Å²) in [6.07, 6.45) is 4.30. The van der Waals surface area contributed by atoms with Gasteiger partial charge >= 0.3 is 0 Å². The quantitative estimate of drug-likeness (QED) is 0.667. The Bertz CT molecular complexity index is 628. The first-order valence-corrected chi connectivity index (χ1v) is 6.43. The predicted octanol–water partition coefficient (Wildman–Crippen LogP) is 3.18. The fraction of sp³-hybridized carbons (Fsp3) is 0.286. The summed E-state index contributed by atoms with van der Waals surface area (Å²) in [7, 11) is 0. The van der Waals surface area contributed by atoms with Crippen molar-refractivity contribution in [2.75, 3.05) is 11.9 Å². The molecule has 0 saturated heterocycles. The van der Waals surface area contributed by atoms with Crippen LogP contribution in [0.5, 0.6) is 0 Å². The van der Waals surface area contributed by atoms with Gasteiger partial charge in [-0.2, -0.15) is 0 Å². The molecule has 20 heavy (non-hydrogen) atoms. The first kappa shape index (κ1) is 13.9. The van der Waals surface area contributed by atoms with Crippen molar-refractivity contribution in [2.45, 2.75) is 20.3 Å². The third kappa shape index (κ3) is 3.09. The van der Waals surface area contributed by atoms with Crippen LogP contribution in [0.1, 0.15) is 18.9 Å². The molecule has 0 amide bonds. The average molecular weight is 272 g/mol. The predicted molar refractivity (Wildman–Crippen MR) is 77.6 cm³/mol. The van der Waals surface area contributed by atoms with Crippen LogP contribution in [0.3, 0.4) is 0 Å². The van der Waals surface area contributed by atoms with Crippen LogP contribution in [0.2, 0.25) is 0 Å². The molecule has 104 valence electrons. The van der Waals surface area contributed by atoms with Gasteiger partial charge in [0, 0.05) is 30.6 Å². The molecule has 0 aliphatic rings. The van der Waals surface area contributed by atoms with Crippen LogP contribution in [-0.2, 0) is 0 Å². The number of nitro groups is 1. The van der Waals surface area contributed by atoms with E-state index in [0.29, 0.717) is 11.5 Å². The molecule has 0 atom stereocenters. The lowest BCUT2D eigenvalue weighted by atomic mass is 10.1. The Balaban J connectivity index is 2.49. The van der Waals surface area contributed by atoms with Crippen LogP contribution in [0.4, 0.5) is 11.5 Å². The zero-order valence-electron chi connectivity index (χ0n) is 11.5. The second kappa shape index (κ2) is 6.10. The number of pyridine rings is 2.